The fraction of sp³-hybridized carbons (Fsp3) is 0.364. The molecule has 0 radical (unpaired) electrons. The molecule has 1 aromatic carbocycles. The summed E-state index contributed by atoms with van der Waals surface area (Å²) < 4.78 is 5.33. The van der Waals surface area contributed by atoms with Gasteiger partial charge in [-0.1, -0.05) is 29.3 Å². The first-order chi connectivity index (χ1) is 7.06. The first-order valence-corrected chi connectivity index (χ1v) is 5.38. The van der Waals surface area contributed by atoms with Gasteiger partial charge < -0.3 is 4.74 Å². The lowest BCUT2D eigenvalue weighted by Crippen LogP contribution is -2.12. The molecule has 0 amide bonds. The molecular weight excluding hydrogens is 235 g/mol. The lowest BCUT2D eigenvalue weighted by Gasteiger charge is -2.14. The van der Waals surface area contributed by atoms with Crippen molar-refractivity contribution in [3.8, 4) is 0 Å². The van der Waals surface area contributed by atoms with Crippen LogP contribution in [0.15, 0.2) is 18.2 Å². The summed E-state index contributed by atoms with van der Waals surface area (Å²) in [6.07, 6.45) is -0.551. The maximum atomic E-state index is 11.3. The maximum absolute atomic E-state index is 11.3. The molecule has 0 saturated heterocycles. The van der Waals surface area contributed by atoms with Gasteiger partial charge in [0.2, 0.25) is 0 Å². The molecule has 0 aliphatic rings. The summed E-state index contributed by atoms with van der Waals surface area (Å²) in [7, 11) is 0. The summed E-state index contributed by atoms with van der Waals surface area (Å²) >= 11 is 11.6. The third kappa shape index (κ3) is 3.20. The van der Waals surface area contributed by atoms with Gasteiger partial charge in [0.25, 0.3) is 0 Å². The van der Waals surface area contributed by atoms with Crippen LogP contribution in [0.5, 0.6) is 0 Å². The third-order valence-corrected chi connectivity index (χ3v) is 2.69. The van der Waals surface area contributed by atoms with Crippen molar-refractivity contribution in [2.45, 2.75) is 20.0 Å². The van der Waals surface area contributed by atoms with Gasteiger partial charge in [0.05, 0.1) is 10.0 Å². The van der Waals surface area contributed by atoms with Gasteiger partial charge in [-0.3, -0.25) is 4.79 Å². The molecule has 0 fully saturated rings. The molecule has 1 atom stereocenters. The highest BCUT2D eigenvalue weighted by atomic mass is 35.5. The Kier molecular flexibility index (Phi) is 4.58. The zero-order valence-electron chi connectivity index (χ0n) is 8.59. The Labute approximate surface area is 99.1 Å². The smallest absolute Gasteiger partial charge is 0.163 e. The van der Waals surface area contributed by atoms with Gasteiger partial charge in [0.1, 0.15) is 6.10 Å². The molecule has 1 unspecified atom stereocenters. The molecule has 1 aromatic rings. The highest BCUT2D eigenvalue weighted by Crippen LogP contribution is 2.27. The fourth-order valence-corrected chi connectivity index (χ4v) is 1.60. The molecule has 2 nitrogen and oxygen atoms in total. The van der Waals surface area contributed by atoms with E-state index in [1.807, 2.05) is 6.92 Å². The van der Waals surface area contributed by atoms with E-state index in [0.717, 1.165) is 5.56 Å². The topological polar surface area (TPSA) is 26.3 Å². The monoisotopic (exact) mass is 246 g/mol. The van der Waals surface area contributed by atoms with Crippen molar-refractivity contribution in [1.82, 2.24) is 0 Å². The second-order valence-electron chi connectivity index (χ2n) is 3.12. The van der Waals surface area contributed by atoms with E-state index in [0.29, 0.717) is 16.7 Å². The second-order valence-corrected chi connectivity index (χ2v) is 3.93. The summed E-state index contributed by atoms with van der Waals surface area (Å²) in [4.78, 5) is 11.3. The van der Waals surface area contributed by atoms with Crippen molar-refractivity contribution in [1.29, 1.82) is 0 Å². The van der Waals surface area contributed by atoms with Crippen molar-refractivity contribution in [2.24, 2.45) is 0 Å². The van der Waals surface area contributed by atoms with Gasteiger partial charge in [-0.15, -0.1) is 0 Å². The molecule has 1 rings (SSSR count). The van der Waals surface area contributed by atoms with E-state index in [4.69, 9.17) is 27.9 Å². The molecule has 15 heavy (non-hydrogen) atoms. The van der Waals surface area contributed by atoms with Crippen molar-refractivity contribution >= 4 is 29.0 Å². The van der Waals surface area contributed by atoms with Crippen molar-refractivity contribution < 1.29 is 9.53 Å². The molecule has 0 aliphatic carbocycles. The Morgan fingerprint density at radius 3 is 2.53 bits per heavy atom. The van der Waals surface area contributed by atoms with Crippen LogP contribution in [0.25, 0.3) is 0 Å². The van der Waals surface area contributed by atoms with Crippen LogP contribution in [-0.4, -0.2) is 12.4 Å². The minimum Gasteiger partial charge on any atom is -0.366 e. The fourth-order valence-electron chi connectivity index (χ4n) is 1.29. The molecule has 0 spiro atoms. The first-order valence-electron chi connectivity index (χ1n) is 4.63. The quantitative estimate of drug-likeness (QED) is 0.811. The molecular formula is C11H12Cl2O2. The second kappa shape index (κ2) is 5.50. The van der Waals surface area contributed by atoms with Gasteiger partial charge in [-0.2, -0.15) is 0 Å². The molecule has 4 heteroatoms. The lowest BCUT2D eigenvalue weighted by atomic mass is 10.1. The Bertz CT molecular complexity index is 364. The lowest BCUT2D eigenvalue weighted by molar-refractivity contribution is -0.128. The Hall–Kier alpha value is -0.570. The number of ether oxygens (including phenoxy) is 1. The van der Waals surface area contributed by atoms with Crippen LogP contribution in [0.2, 0.25) is 10.0 Å². The molecule has 0 bridgehead atoms. The molecule has 0 N–H and O–H groups in total. The van der Waals surface area contributed by atoms with E-state index in [2.05, 4.69) is 0 Å². The number of halogens is 2. The van der Waals surface area contributed by atoms with Crippen LogP contribution in [0.1, 0.15) is 25.5 Å². The van der Waals surface area contributed by atoms with Crippen LogP contribution in [0.4, 0.5) is 0 Å². The number of carbonyl (C=O) groups is 1. The molecule has 0 aromatic heterocycles. The van der Waals surface area contributed by atoms with E-state index < -0.39 is 6.10 Å². The number of hydrogen-bond donors (Lipinski definition) is 0. The highest BCUT2D eigenvalue weighted by Gasteiger charge is 2.17. The average Bonchev–Trinajstić information content (AvgIpc) is 2.18. The van der Waals surface area contributed by atoms with Gasteiger partial charge in [0, 0.05) is 6.61 Å². The predicted octanol–water partition coefficient (Wildman–Crippen LogP) is 3.66. The number of rotatable bonds is 4. The van der Waals surface area contributed by atoms with Crippen molar-refractivity contribution in [2.75, 3.05) is 6.61 Å². The van der Waals surface area contributed by atoms with Crippen LogP contribution in [0, 0.1) is 0 Å². The van der Waals surface area contributed by atoms with E-state index >= 15 is 0 Å². The van der Waals surface area contributed by atoms with Gasteiger partial charge in [-0.05, 0) is 31.5 Å². The average molecular weight is 247 g/mol. The minimum absolute atomic E-state index is 0.0461. The molecule has 0 heterocycles. The van der Waals surface area contributed by atoms with Crippen molar-refractivity contribution in [3.63, 3.8) is 0 Å². The Morgan fingerprint density at radius 2 is 2.07 bits per heavy atom. The first kappa shape index (κ1) is 12.5. The Balaban J connectivity index is 3.01. The number of hydrogen-bond acceptors (Lipinski definition) is 2. The summed E-state index contributed by atoms with van der Waals surface area (Å²) in [5, 5.41) is 0.902. The zero-order chi connectivity index (χ0) is 11.4. The van der Waals surface area contributed by atoms with Gasteiger partial charge in [0.15, 0.2) is 5.78 Å². The summed E-state index contributed by atoms with van der Waals surface area (Å²) in [6, 6.07) is 5.07. The minimum atomic E-state index is -0.551. The largest absolute Gasteiger partial charge is 0.366 e. The summed E-state index contributed by atoms with van der Waals surface area (Å²) in [5.41, 5.74) is 0.735. The summed E-state index contributed by atoms with van der Waals surface area (Å²) in [6.45, 7) is 3.81. The number of carbonyl (C=O) groups excluding carboxylic acids is 1. The van der Waals surface area contributed by atoms with Crippen LogP contribution < -0.4 is 0 Å². The molecule has 0 saturated carbocycles. The SMILES string of the molecule is CCOC(C(C)=O)c1ccc(Cl)c(Cl)c1. The van der Waals surface area contributed by atoms with E-state index in [-0.39, 0.29) is 5.78 Å². The van der Waals surface area contributed by atoms with Crippen LogP contribution in [0.3, 0.4) is 0 Å². The van der Waals surface area contributed by atoms with Gasteiger partial charge >= 0.3 is 0 Å². The Morgan fingerprint density at radius 1 is 1.40 bits per heavy atom. The number of benzene rings is 1. The summed E-state index contributed by atoms with van der Waals surface area (Å²) in [5.74, 6) is -0.0461. The standard InChI is InChI=1S/C11H12Cl2O2/c1-3-15-11(7(2)14)8-4-5-9(12)10(13)6-8/h4-6,11H,3H2,1-2H3. The van der Waals surface area contributed by atoms with Crippen molar-refractivity contribution in [3.05, 3.63) is 33.8 Å². The maximum Gasteiger partial charge on any atom is 0.163 e. The van der Waals surface area contributed by atoms with E-state index in [1.165, 1.54) is 6.92 Å². The van der Waals surface area contributed by atoms with Gasteiger partial charge in [-0.25, -0.2) is 0 Å². The number of ketones is 1. The predicted molar refractivity (Wildman–Crippen MR) is 61.5 cm³/mol. The van der Waals surface area contributed by atoms with Crippen LogP contribution >= 0.6 is 23.2 Å². The van der Waals surface area contributed by atoms with Crippen LogP contribution in [-0.2, 0) is 9.53 Å². The molecule has 82 valence electrons. The number of Topliss-reactive ketones (excluding diaryl/α,β-unsaturated/α-hetero) is 1. The van der Waals surface area contributed by atoms with E-state index in [9.17, 15) is 4.79 Å². The molecule has 0 aliphatic heterocycles. The normalized spacial score (nSPS) is 12.5. The highest BCUT2D eigenvalue weighted by molar-refractivity contribution is 6.42. The zero-order valence-corrected chi connectivity index (χ0v) is 10.1. The van der Waals surface area contributed by atoms with E-state index in [1.54, 1.807) is 18.2 Å². The third-order valence-electron chi connectivity index (χ3n) is 1.95.